The predicted molar refractivity (Wildman–Crippen MR) is 70.0 cm³/mol. The fraction of sp³-hybridized carbons (Fsp3) is 0.250. The summed E-state index contributed by atoms with van der Waals surface area (Å²) >= 11 is 0. The smallest absolute Gasteiger partial charge is 0.0921 e. The van der Waals surface area contributed by atoms with Crippen LogP contribution in [0.5, 0.6) is 0 Å². The molecule has 3 rings (SSSR count). The summed E-state index contributed by atoms with van der Waals surface area (Å²) in [5.41, 5.74) is 3.32. The maximum Gasteiger partial charge on any atom is 0.0921 e. The highest BCUT2D eigenvalue weighted by Crippen LogP contribution is 1.82. The number of aromatic amines is 3. The van der Waals surface area contributed by atoms with Crippen LogP contribution in [0.15, 0.2) is 37.6 Å². The Kier molecular flexibility index (Phi) is 5.96. The van der Waals surface area contributed by atoms with Crippen molar-refractivity contribution < 1.29 is 0 Å². The molecule has 3 aromatic rings. The normalized spacial score (nSPS) is 8.83. The summed E-state index contributed by atoms with van der Waals surface area (Å²) < 4.78 is 0. The third-order valence-electron chi connectivity index (χ3n) is 1.90. The standard InChI is InChI=1S/3C4H6N2/c3*1-4-2-5-3-6-4/h3*2-3H,1H3,(H,5,6). The molecule has 3 aromatic heterocycles. The maximum absolute atomic E-state index is 3.77. The molecule has 0 unspecified atom stereocenters. The van der Waals surface area contributed by atoms with Crippen molar-refractivity contribution in [3.05, 3.63) is 54.7 Å². The summed E-state index contributed by atoms with van der Waals surface area (Å²) in [6.07, 6.45) is 10.3. The Morgan fingerprint density at radius 3 is 0.944 bits per heavy atom. The van der Waals surface area contributed by atoms with E-state index >= 15 is 0 Å². The van der Waals surface area contributed by atoms with Gasteiger partial charge in [-0.15, -0.1) is 0 Å². The third kappa shape index (κ3) is 6.26. The van der Waals surface area contributed by atoms with E-state index in [0.29, 0.717) is 0 Å². The second kappa shape index (κ2) is 7.83. The van der Waals surface area contributed by atoms with Crippen LogP contribution in [0, 0.1) is 20.8 Å². The number of hydrogen-bond donors (Lipinski definition) is 3. The van der Waals surface area contributed by atoms with E-state index in [2.05, 4.69) is 29.9 Å². The molecule has 3 heterocycles. The average molecular weight is 246 g/mol. The topological polar surface area (TPSA) is 86.0 Å². The number of imidazole rings is 3. The summed E-state index contributed by atoms with van der Waals surface area (Å²) in [7, 11) is 0. The summed E-state index contributed by atoms with van der Waals surface area (Å²) in [6.45, 7) is 5.90. The van der Waals surface area contributed by atoms with Crippen molar-refractivity contribution in [3.8, 4) is 0 Å². The molecule has 0 spiro atoms. The molecule has 0 radical (unpaired) electrons. The highest BCUT2D eigenvalue weighted by molar-refractivity contribution is 4.88. The van der Waals surface area contributed by atoms with Crippen molar-refractivity contribution in [2.45, 2.75) is 20.8 Å². The van der Waals surface area contributed by atoms with Crippen LogP contribution < -0.4 is 0 Å². The van der Waals surface area contributed by atoms with E-state index in [9.17, 15) is 0 Å². The Balaban J connectivity index is 0.000000135. The lowest BCUT2D eigenvalue weighted by atomic mass is 10.6. The van der Waals surface area contributed by atoms with Gasteiger partial charge in [-0.2, -0.15) is 0 Å². The minimum absolute atomic E-state index is 1.11. The average Bonchev–Trinajstić information content (AvgIpc) is 3.05. The molecule has 0 saturated carbocycles. The number of aryl methyl sites for hydroxylation is 3. The van der Waals surface area contributed by atoms with Gasteiger partial charge in [0.15, 0.2) is 0 Å². The summed E-state index contributed by atoms with van der Waals surface area (Å²) in [4.78, 5) is 20.0. The molecule has 0 aliphatic heterocycles. The molecular weight excluding hydrogens is 228 g/mol. The molecule has 6 nitrogen and oxygen atoms in total. The van der Waals surface area contributed by atoms with Crippen LogP contribution in [0.2, 0.25) is 0 Å². The Bertz CT molecular complexity index is 404. The molecule has 0 aliphatic carbocycles. The number of nitrogens with zero attached hydrogens (tertiary/aromatic N) is 3. The number of hydrogen-bond acceptors (Lipinski definition) is 3. The Labute approximate surface area is 106 Å². The van der Waals surface area contributed by atoms with Crippen LogP contribution in [0.4, 0.5) is 0 Å². The minimum Gasteiger partial charge on any atom is -0.349 e. The molecule has 0 fully saturated rings. The van der Waals surface area contributed by atoms with Gasteiger partial charge >= 0.3 is 0 Å². The van der Waals surface area contributed by atoms with Gasteiger partial charge in [0.05, 0.1) is 19.0 Å². The largest absolute Gasteiger partial charge is 0.349 e. The Hall–Kier alpha value is -2.37. The second-order valence-electron chi connectivity index (χ2n) is 3.70. The molecule has 3 N–H and O–H groups in total. The van der Waals surface area contributed by atoms with Gasteiger partial charge in [-0.25, -0.2) is 15.0 Å². The number of nitrogens with one attached hydrogen (secondary N) is 3. The number of aromatic nitrogens is 6. The minimum atomic E-state index is 1.11. The molecule has 0 atom stereocenters. The van der Waals surface area contributed by atoms with Gasteiger partial charge in [0.2, 0.25) is 0 Å². The SMILES string of the molecule is Cc1cnc[nH]1.Cc1cnc[nH]1.Cc1cnc[nH]1. The van der Waals surface area contributed by atoms with Crippen LogP contribution in [-0.4, -0.2) is 29.9 Å². The summed E-state index contributed by atoms with van der Waals surface area (Å²) in [5, 5.41) is 0. The predicted octanol–water partition coefficient (Wildman–Crippen LogP) is 2.15. The van der Waals surface area contributed by atoms with E-state index in [0.717, 1.165) is 17.1 Å². The first-order valence-electron chi connectivity index (χ1n) is 5.53. The lowest BCUT2D eigenvalue weighted by Gasteiger charge is -1.67. The van der Waals surface area contributed by atoms with Gasteiger partial charge in [-0.3, -0.25) is 0 Å². The highest BCUT2D eigenvalue weighted by atomic mass is 14.9. The van der Waals surface area contributed by atoms with Crippen LogP contribution in [0.3, 0.4) is 0 Å². The Morgan fingerprint density at radius 1 is 0.611 bits per heavy atom. The quantitative estimate of drug-likeness (QED) is 0.568. The van der Waals surface area contributed by atoms with E-state index in [1.54, 1.807) is 37.6 Å². The van der Waals surface area contributed by atoms with E-state index in [-0.39, 0.29) is 0 Å². The zero-order valence-corrected chi connectivity index (χ0v) is 10.8. The van der Waals surface area contributed by atoms with Gasteiger partial charge in [-0.1, -0.05) is 0 Å². The molecule has 0 saturated heterocycles. The van der Waals surface area contributed by atoms with E-state index < -0.39 is 0 Å². The molecular formula is C12H18N6. The molecule has 18 heavy (non-hydrogen) atoms. The molecule has 0 aromatic carbocycles. The zero-order valence-electron chi connectivity index (χ0n) is 10.8. The van der Waals surface area contributed by atoms with Crippen LogP contribution in [0.25, 0.3) is 0 Å². The maximum atomic E-state index is 3.77. The van der Waals surface area contributed by atoms with Gasteiger partial charge < -0.3 is 15.0 Å². The summed E-state index contributed by atoms with van der Waals surface area (Å²) in [6, 6.07) is 0. The van der Waals surface area contributed by atoms with Crippen LogP contribution in [0.1, 0.15) is 17.1 Å². The first kappa shape index (κ1) is 13.7. The van der Waals surface area contributed by atoms with E-state index in [1.807, 2.05) is 20.8 Å². The van der Waals surface area contributed by atoms with E-state index in [4.69, 9.17) is 0 Å². The number of H-pyrrole nitrogens is 3. The first-order chi connectivity index (χ1) is 8.68. The molecule has 6 heteroatoms. The lowest BCUT2D eigenvalue weighted by Crippen LogP contribution is -1.59. The van der Waals surface area contributed by atoms with Crippen molar-refractivity contribution in [3.63, 3.8) is 0 Å². The first-order valence-corrected chi connectivity index (χ1v) is 5.53. The van der Waals surface area contributed by atoms with Crippen molar-refractivity contribution in [1.82, 2.24) is 29.9 Å². The van der Waals surface area contributed by atoms with Crippen molar-refractivity contribution in [2.24, 2.45) is 0 Å². The van der Waals surface area contributed by atoms with Gasteiger partial charge in [0, 0.05) is 35.7 Å². The fourth-order valence-corrected chi connectivity index (χ4v) is 0.976. The lowest BCUT2D eigenvalue weighted by molar-refractivity contribution is 1.25. The molecule has 96 valence electrons. The monoisotopic (exact) mass is 246 g/mol. The van der Waals surface area contributed by atoms with Crippen LogP contribution >= 0.6 is 0 Å². The number of rotatable bonds is 0. The van der Waals surface area contributed by atoms with Crippen molar-refractivity contribution >= 4 is 0 Å². The third-order valence-corrected chi connectivity index (χ3v) is 1.90. The van der Waals surface area contributed by atoms with Gasteiger partial charge in [-0.05, 0) is 20.8 Å². The molecule has 0 amide bonds. The van der Waals surface area contributed by atoms with Crippen molar-refractivity contribution in [1.29, 1.82) is 0 Å². The van der Waals surface area contributed by atoms with E-state index in [1.165, 1.54) is 0 Å². The van der Waals surface area contributed by atoms with Crippen molar-refractivity contribution in [2.75, 3.05) is 0 Å². The summed E-state index contributed by atoms with van der Waals surface area (Å²) in [5.74, 6) is 0. The van der Waals surface area contributed by atoms with Crippen LogP contribution in [-0.2, 0) is 0 Å². The van der Waals surface area contributed by atoms with Gasteiger partial charge in [0.1, 0.15) is 0 Å². The second-order valence-corrected chi connectivity index (χ2v) is 3.70. The molecule has 0 aliphatic rings. The molecule has 0 bridgehead atoms. The Morgan fingerprint density at radius 2 is 0.889 bits per heavy atom. The van der Waals surface area contributed by atoms with Gasteiger partial charge in [0.25, 0.3) is 0 Å². The zero-order chi connectivity index (χ0) is 13.2. The highest BCUT2D eigenvalue weighted by Gasteiger charge is 1.74. The fourth-order valence-electron chi connectivity index (χ4n) is 0.976.